The van der Waals surface area contributed by atoms with Crippen LogP contribution >= 0.6 is 0 Å². The molecule has 8 nitrogen and oxygen atoms in total. The van der Waals surface area contributed by atoms with Crippen molar-refractivity contribution >= 4 is 21.8 Å². The molecule has 0 aliphatic carbocycles. The van der Waals surface area contributed by atoms with Crippen LogP contribution in [0.15, 0.2) is 17.4 Å². The molecule has 2 N–H and O–H groups in total. The van der Waals surface area contributed by atoms with E-state index in [9.17, 15) is 13.2 Å². The van der Waals surface area contributed by atoms with Crippen molar-refractivity contribution in [3.8, 4) is 0 Å². The van der Waals surface area contributed by atoms with Crippen LogP contribution in [0.3, 0.4) is 0 Å². The van der Waals surface area contributed by atoms with Gasteiger partial charge in [0.05, 0.1) is 0 Å². The average Bonchev–Trinajstić information content (AvgIpc) is 2.43. The van der Waals surface area contributed by atoms with Crippen molar-refractivity contribution in [1.82, 2.24) is 14.7 Å². The molecule has 19 heavy (non-hydrogen) atoms. The molecule has 0 unspecified atom stereocenters. The van der Waals surface area contributed by atoms with E-state index in [0.717, 1.165) is 6.33 Å². The van der Waals surface area contributed by atoms with Gasteiger partial charge in [-0.1, -0.05) is 13.8 Å². The minimum atomic E-state index is -3.67. The van der Waals surface area contributed by atoms with E-state index >= 15 is 0 Å². The largest absolute Gasteiger partial charge is 0.342 e. The predicted molar refractivity (Wildman–Crippen MR) is 67.5 cm³/mol. The van der Waals surface area contributed by atoms with Crippen LogP contribution < -0.4 is 10.2 Å². The highest BCUT2D eigenvalue weighted by molar-refractivity contribution is 7.89. The number of nitrogens with one attached hydrogen (secondary N) is 2. The number of sulfonamides is 1. The Morgan fingerprint density at radius 1 is 1.37 bits per heavy atom. The number of aromatic nitrogens is 2. The highest BCUT2D eigenvalue weighted by atomic mass is 32.2. The molecule has 0 saturated heterocycles. The predicted octanol–water partition coefficient (Wildman–Crippen LogP) is 0.445. The Kier molecular flexibility index (Phi) is 5.64. The Bertz CT molecular complexity index is 532. The standard InChI is InChI=1S/C10H16N4O4S/c1-3-5-13-19(16,17)9-6-8(11-7-12-9)14-18-10(15)4-2/h6-7,13H,3-5H2,1-2H3,(H,11,12,14). The van der Waals surface area contributed by atoms with Crippen molar-refractivity contribution in [2.75, 3.05) is 12.0 Å². The zero-order valence-corrected chi connectivity index (χ0v) is 11.5. The fourth-order valence-corrected chi connectivity index (χ4v) is 2.11. The van der Waals surface area contributed by atoms with E-state index in [2.05, 4.69) is 25.0 Å². The molecule has 0 aliphatic heterocycles. The van der Waals surface area contributed by atoms with Crippen LogP contribution in [0.1, 0.15) is 26.7 Å². The van der Waals surface area contributed by atoms with Crippen LogP contribution in [0, 0.1) is 0 Å². The number of carbonyl (C=O) groups is 1. The molecule has 106 valence electrons. The molecule has 0 saturated carbocycles. The summed E-state index contributed by atoms with van der Waals surface area (Å²) >= 11 is 0. The Morgan fingerprint density at radius 3 is 2.74 bits per heavy atom. The second-order valence-corrected chi connectivity index (χ2v) is 5.28. The van der Waals surface area contributed by atoms with E-state index in [1.807, 2.05) is 6.92 Å². The van der Waals surface area contributed by atoms with Gasteiger partial charge in [-0.2, -0.15) is 0 Å². The molecule has 0 fully saturated rings. The number of hydrogen-bond acceptors (Lipinski definition) is 7. The van der Waals surface area contributed by atoms with E-state index < -0.39 is 16.0 Å². The van der Waals surface area contributed by atoms with Gasteiger partial charge in [0.15, 0.2) is 10.8 Å². The molecule has 0 amide bonds. The Labute approximate surface area is 111 Å². The van der Waals surface area contributed by atoms with Gasteiger partial charge in [-0.15, -0.1) is 0 Å². The lowest BCUT2D eigenvalue weighted by molar-refractivity contribution is -0.140. The van der Waals surface area contributed by atoms with Crippen LogP contribution in [0.25, 0.3) is 0 Å². The van der Waals surface area contributed by atoms with Gasteiger partial charge in [0, 0.05) is 19.0 Å². The summed E-state index contributed by atoms with van der Waals surface area (Å²) in [6, 6.07) is 1.18. The first-order valence-electron chi connectivity index (χ1n) is 5.77. The number of hydrogen-bond donors (Lipinski definition) is 2. The third-order valence-corrected chi connectivity index (χ3v) is 3.38. The molecule has 1 aromatic heterocycles. The lowest BCUT2D eigenvalue weighted by Crippen LogP contribution is -2.25. The van der Waals surface area contributed by atoms with Crippen LogP contribution in [-0.4, -0.2) is 30.9 Å². The van der Waals surface area contributed by atoms with Crippen LogP contribution in [0.5, 0.6) is 0 Å². The van der Waals surface area contributed by atoms with Crippen molar-refractivity contribution in [2.45, 2.75) is 31.7 Å². The summed E-state index contributed by atoms with van der Waals surface area (Å²) in [7, 11) is -3.67. The van der Waals surface area contributed by atoms with Gasteiger partial charge in [-0.05, 0) is 6.42 Å². The monoisotopic (exact) mass is 288 g/mol. The van der Waals surface area contributed by atoms with Gasteiger partial charge in [-0.3, -0.25) is 0 Å². The fourth-order valence-electron chi connectivity index (χ4n) is 1.03. The van der Waals surface area contributed by atoms with Crippen molar-refractivity contribution in [1.29, 1.82) is 0 Å². The van der Waals surface area contributed by atoms with Crippen LogP contribution in [0.2, 0.25) is 0 Å². The topological polar surface area (TPSA) is 110 Å². The molecule has 0 aromatic carbocycles. The fraction of sp³-hybridized carbons (Fsp3) is 0.500. The molecule has 1 aromatic rings. The second kappa shape index (κ2) is 7.00. The molecule has 0 aliphatic rings. The van der Waals surface area contributed by atoms with Crippen molar-refractivity contribution in [2.24, 2.45) is 0 Å². The minimum Gasteiger partial charge on any atom is -0.342 e. The average molecular weight is 288 g/mol. The molecule has 0 bridgehead atoms. The van der Waals surface area contributed by atoms with Crippen LogP contribution in [-0.2, 0) is 19.7 Å². The summed E-state index contributed by atoms with van der Waals surface area (Å²) in [6.45, 7) is 3.80. The maximum atomic E-state index is 11.8. The molecule has 1 rings (SSSR count). The van der Waals surface area contributed by atoms with E-state index in [1.165, 1.54) is 6.07 Å². The van der Waals surface area contributed by atoms with Crippen LogP contribution in [0.4, 0.5) is 5.82 Å². The number of carbonyl (C=O) groups excluding carboxylic acids is 1. The molecule has 0 spiro atoms. The summed E-state index contributed by atoms with van der Waals surface area (Å²) in [5, 5.41) is -0.189. The molecular formula is C10H16N4O4S. The van der Waals surface area contributed by atoms with Crippen molar-refractivity contribution in [3.05, 3.63) is 12.4 Å². The van der Waals surface area contributed by atoms with Gasteiger partial charge in [0.2, 0.25) is 0 Å². The first kappa shape index (κ1) is 15.3. The Morgan fingerprint density at radius 2 is 2.11 bits per heavy atom. The summed E-state index contributed by atoms with van der Waals surface area (Å²) in [6.07, 6.45) is 1.94. The maximum Gasteiger partial charge on any atom is 0.331 e. The maximum absolute atomic E-state index is 11.8. The lowest BCUT2D eigenvalue weighted by Gasteiger charge is -2.07. The summed E-state index contributed by atoms with van der Waals surface area (Å²) in [5.74, 6) is -0.388. The molecule has 9 heteroatoms. The molecule has 0 atom stereocenters. The highest BCUT2D eigenvalue weighted by Gasteiger charge is 2.16. The normalized spacial score (nSPS) is 11.1. The zero-order valence-electron chi connectivity index (χ0n) is 10.7. The van der Waals surface area contributed by atoms with E-state index in [0.29, 0.717) is 13.0 Å². The smallest absolute Gasteiger partial charge is 0.331 e. The van der Waals surface area contributed by atoms with Gasteiger partial charge < -0.3 is 4.84 Å². The summed E-state index contributed by atoms with van der Waals surface area (Å²) in [5.41, 5.74) is 2.27. The Hall–Kier alpha value is -1.74. The van der Waals surface area contributed by atoms with E-state index in [4.69, 9.17) is 0 Å². The van der Waals surface area contributed by atoms with Gasteiger partial charge in [-0.25, -0.2) is 33.4 Å². The van der Waals surface area contributed by atoms with Gasteiger partial charge in [0.1, 0.15) is 6.33 Å². The molecule has 0 radical (unpaired) electrons. The third kappa shape index (κ3) is 4.79. The number of anilines is 1. The Balaban J connectivity index is 2.79. The number of rotatable bonds is 7. The minimum absolute atomic E-state index is 0.0914. The first-order valence-corrected chi connectivity index (χ1v) is 7.25. The molecular weight excluding hydrogens is 272 g/mol. The van der Waals surface area contributed by atoms with Crippen molar-refractivity contribution in [3.63, 3.8) is 0 Å². The SMILES string of the molecule is CCCNS(=O)(=O)c1cc(NOC(=O)CC)ncn1. The summed E-state index contributed by atoms with van der Waals surface area (Å²) in [4.78, 5) is 23.0. The number of nitrogens with zero attached hydrogens (tertiary/aromatic N) is 2. The first-order chi connectivity index (χ1) is 8.99. The lowest BCUT2D eigenvalue weighted by atomic mass is 10.5. The third-order valence-electron chi connectivity index (χ3n) is 2.02. The zero-order chi connectivity index (χ0) is 14.3. The quantitative estimate of drug-likeness (QED) is 0.553. The second-order valence-electron chi connectivity index (χ2n) is 3.57. The van der Waals surface area contributed by atoms with E-state index in [-0.39, 0.29) is 17.3 Å². The molecule has 1 heterocycles. The highest BCUT2D eigenvalue weighted by Crippen LogP contribution is 2.09. The van der Waals surface area contributed by atoms with Gasteiger partial charge in [0.25, 0.3) is 10.0 Å². The van der Waals surface area contributed by atoms with E-state index in [1.54, 1.807) is 6.92 Å². The van der Waals surface area contributed by atoms with Gasteiger partial charge >= 0.3 is 5.97 Å². The van der Waals surface area contributed by atoms with Crippen molar-refractivity contribution < 1.29 is 18.0 Å². The summed E-state index contributed by atoms with van der Waals surface area (Å²) < 4.78 is 26.0.